The molecule has 0 saturated carbocycles. The van der Waals surface area contributed by atoms with Crippen molar-refractivity contribution >= 4 is 40.5 Å². The first kappa shape index (κ1) is 21.0. The first-order valence-corrected chi connectivity index (χ1v) is 10.1. The molecule has 2 N–H and O–H groups in total. The lowest BCUT2D eigenvalue weighted by atomic mass is 10.1. The number of anilines is 2. The topological polar surface area (TPSA) is 50.4 Å². The number of nitrogens with one attached hydrogen (secondary N) is 2. The van der Waals surface area contributed by atoms with E-state index < -0.39 is 0 Å². The van der Waals surface area contributed by atoms with Crippen molar-refractivity contribution in [3.05, 3.63) is 88.4 Å². The van der Waals surface area contributed by atoms with Gasteiger partial charge < -0.3 is 15.4 Å². The van der Waals surface area contributed by atoms with Crippen molar-refractivity contribution < 1.29 is 9.53 Å². The van der Waals surface area contributed by atoms with Gasteiger partial charge in [-0.2, -0.15) is 0 Å². The molecule has 0 bridgehead atoms. The largest absolute Gasteiger partial charge is 0.491 e. The van der Waals surface area contributed by atoms with Gasteiger partial charge in [-0.25, -0.2) is 0 Å². The maximum Gasteiger partial charge on any atom is 0.243 e. The van der Waals surface area contributed by atoms with Crippen LogP contribution in [0.25, 0.3) is 0 Å². The Morgan fingerprint density at radius 1 is 0.897 bits per heavy atom. The molecule has 29 heavy (non-hydrogen) atoms. The summed E-state index contributed by atoms with van der Waals surface area (Å²) in [5.41, 5.74) is 2.65. The third kappa shape index (κ3) is 6.70. The lowest BCUT2D eigenvalue weighted by Crippen LogP contribution is -2.22. The van der Waals surface area contributed by atoms with Crippen LogP contribution in [-0.4, -0.2) is 19.1 Å². The molecule has 0 unspecified atom stereocenters. The molecule has 0 aliphatic rings. The highest BCUT2D eigenvalue weighted by atomic mass is 35.5. The number of carbonyl (C=O) groups is 1. The van der Waals surface area contributed by atoms with Crippen LogP contribution in [0.5, 0.6) is 5.75 Å². The van der Waals surface area contributed by atoms with Crippen LogP contribution in [0.4, 0.5) is 11.4 Å². The van der Waals surface area contributed by atoms with E-state index in [4.69, 9.17) is 27.9 Å². The number of amides is 1. The number of halogens is 2. The van der Waals surface area contributed by atoms with Crippen molar-refractivity contribution in [1.82, 2.24) is 0 Å². The number of aryl methyl sites for hydroxylation is 1. The van der Waals surface area contributed by atoms with E-state index in [9.17, 15) is 4.79 Å². The summed E-state index contributed by atoms with van der Waals surface area (Å²) in [5.74, 6) is 0.472. The summed E-state index contributed by atoms with van der Waals surface area (Å²) in [6.45, 7) is 0.670. The van der Waals surface area contributed by atoms with Gasteiger partial charge in [-0.05, 0) is 48.7 Å². The molecule has 0 spiro atoms. The molecule has 0 radical (unpaired) electrons. The fourth-order valence-corrected chi connectivity index (χ4v) is 3.08. The van der Waals surface area contributed by atoms with Crippen molar-refractivity contribution in [3.63, 3.8) is 0 Å². The highest BCUT2D eigenvalue weighted by Crippen LogP contribution is 2.26. The number of rotatable bonds is 9. The van der Waals surface area contributed by atoms with Gasteiger partial charge >= 0.3 is 0 Å². The molecule has 0 aliphatic heterocycles. The van der Waals surface area contributed by atoms with E-state index in [2.05, 4.69) is 22.8 Å². The van der Waals surface area contributed by atoms with Gasteiger partial charge in [0.15, 0.2) is 0 Å². The molecule has 0 aliphatic carbocycles. The third-order valence-corrected chi connectivity index (χ3v) is 4.98. The summed E-state index contributed by atoms with van der Waals surface area (Å²) < 4.78 is 5.88. The van der Waals surface area contributed by atoms with Gasteiger partial charge in [0, 0.05) is 5.69 Å². The van der Waals surface area contributed by atoms with Crippen LogP contribution < -0.4 is 15.4 Å². The number of hydrogen-bond donors (Lipinski definition) is 2. The standard InChI is InChI=1S/C23H22Cl2N2O2/c24-19-13-12-18(15-20(19)25)26-16-23(28)27-21-10-4-5-11-22(21)29-14-6-9-17-7-2-1-3-8-17/h1-5,7-8,10-13,15,26H,6,9,14,16H2,(H,27,28). The maximum absolute atomic E-state index is 12.3. The van der Waals surface area contributed by atoms with E-state index in [1.807, 2.05) is 42.5 Å². The fraction of sp³-hybridized carbons (Fsp3) is 0.174. The van der Waals surface area contributed by atoms with Crippen molar-refractivity contribution in [3.8, 4) is 5.75 Å². The van der Waals surface area contributed by atoms with E-state index >= 15 is 0 Å². The van der Waals surface area contributed by atoms with Crippen molar-refractivity contribution in [2.75, 3.05) is 23.8 Å². The second-order valence-corrected chi connectivity index (χ2v) is 7.28. The van der Waals surface area contributed by atoms with E-state index in [0.29, 0.717) is 28.1 Å². The zero-order chi connectivity index (χ0) is 20.5. The summed E-state index contributed by atoms with van der Waals surface area (Å²) >= 11 is 11.9. The number of benzene rings is 3. The first-order valence-electron chi connectivity index (χ1n) is 9.36. The Hall–Kier alpha value is -2.69. The highest BCUT2D eigenvalue weighted by Gasteiger charge is 2.08. The number of carbonyl (C=O) groups excluding carboxylic acids is 1. The quantitative estimate of drug-likeness (QED) is 0.407. The lowest BCUT2D eigenvalue weighted by Gasteiger charge is -2.13. The average Bonchev–Trinajstić information content (AvgIpc) is 2.74. The zero-order valence-corrected chi connectivity index (χ0v) is 17.3. The number of ether oxygens (including phenoxy) is 1. The molecule has 4 nitrogen and oxygen atoms in total. The van der Waals surface area contributed by atoms with Crippen LogP contribution in [0.1, 0.15) is 12.0 Å². The van der Waals surface area contributed by atoms with E-state index in [0.717, 1.165) is 18.5 Å². The molecule has 0 saturated heterocycles. The van der Waals surface area contributed by atoms with E-state index in [1.165, 1.54) is 5.56 Å². The Balaban J connectivity index is 1.48. The van der Waals surface area contributed by atoms with E-state index in [1.54, 1.807) is 18.2 Å². The Morgan fingerprint density at radius 2 is 1.66 bits per heavy atom. The van der Waals surface area contributed by atoms with Crippen LogP contribution >= 0.6 is 23.2 Å². The third-order valence-electron chi connectivity index (χ3n) is 4.24. The molecule has 0 heterocycles. The van der Waals surface area contributed by atoms with Crippen molar-refractivity contribution in [2.24, 2.45) is 0 Å². The molecule has 6 heteroatoms. The van der Waals surface area contributed by atoms with Crippen LogP contribution in [0.3, 0.4) is 0 Å². The molecule has 0 fully saturated rings. The number of para-hydroxylation sites is 2. The van der Waals surface area contributed by atoms with Gasteiger partial charge in [-0.3, -0.25) is 4.79 Å². The number of hydrogen-bond acceptors (Lipinski definition) is 3. The molecule has 3 rings (SSSR count). The summed E-state index contributed by atoms with van der Waals surface area (Å²) in [6.07, 6.45) is 1.84. The Kier molecular flexibility index (Phi) is 7.79. The maximum atomic E-state index is 12.3. The minimum absolute atomic E-state index is 0.0975. The van der Waals surface area contributed by atoms with Gasteiger partial charge in [-0.1, -0.05) is 65.7 Å². The normalized spacial score (nSPS) is 10.4. The van der Waals surface area contributed by atoms with Crippen LogP contribution in [-0.2, 0) is 11.2 Å². The highest BCUT2D eigenvalue weighted by molar-refractivity contribution is 6.42. The molecule has 0 aromatic heterocycles. The smallest absolute Gasteiger partial charge is 0.243 e. The van der Waals surface area contributed by atoms with Gasteiger partial charge in [0.25, 0.3) is 0 Å². The molecule has 3 aromatic rings. The van der Waals surface area contributed by atoms with Crippen LogP contribution in [0.2, 0.25) is 10.0 Å². The minimum Gasteiger partial charge on any atom is -0.491 e. The molecular weight excluding hydrogens is 407 g/mol. The Labute approximate surface area is 180 Å². The Bertz CT molecular complexity index is 949. The minimum atomic E-state index is -0.184. The predicted octanol–water partition coefficient (Wildman–Crippen LogP) is 6.06. The van der Waals surface area contributed by atoms with Crippen LogP contribution in [0, 0.1) is 0 Å². The lowest BCUT2D eigenvalue weighted by molar-refractivity contribution is -0.114. The average molecular weight is 429 g/mol. The molecule has 1 amide bonds. The first-order chi connectivity index (χ1) is 14.1. The van der Waals surface area contributed by atoms with Gasteiger partial charge in [-0.15, -0.1) is 0 Å². The summed E-state index contributed by atoms with van der Waals surface area (Å²) in [7, 11) is 0. The summed E-state index contributed by atoms with van der Waals surface area (Å²) in [5, 5.41) is 6.82. The second-order valence-electron chi connectivity index (χ2n) is 6.46. The van der Waals surface area contributed by atoms with Gasteiger partial charge in [0.2, 0.25) is 5.91 Å². The van der Waals surface area contributed by atoms with Crippen molar-refractivity contribution in [2.45, 2.75) is 12.8 Å². The fourth-order valence-electron chi connectivity index (χ4n) is 2.78. The zero-order valence-electron chi connectivity index (χ0n) is 15.8. The van der Waals surface area contributed by atoms with Gasteiger partial charge in [0.05, 0.1) is 28.9 Å². The SMILES string of the molecule is O=C(CNc1ccc(Cl)c(Cl)c1)Nc1ccccc1OCCCc1ccccc1. The summed E-state index contributed by atoms with van der Waals surface area (Å²) in [4.78, 5) is 12.3. The monoisotopic (exact) mass is 428 g/mol. The van der Waals surface area contributed by atoms with E-state index in [-0.39, 0.29) is 12.5 Å². The molecule has 3 aromatic carbocycles. The molecule has 0 atom stereocenters. The molecular formula is C23H22Cl2N2O2. The summed E-state index contributed by atoms with van der Waals surface area (Å²) in [6, 6.07) is 22.8. The van der Waals surface area contributed by atoms with Crippen molar-refractivity contribution in [1.29, 1.82) is 0 Å². The Morgan fingerprint density at radius 3 is 2.45 bits per heavy atom. The van der Waals surface area contributed by atoms with Gasteiger partial charge in [0.1, 0.15) is 5.75 Å². The second kappa shape index (κ2) is 10.7. The predicted molar refractivity (Wildman–Crippen MR) is 120 cm³/mol. The van der Waals surface area contributed by atoms with Crippen LogP contribution in [0.15, 0.2) is 72.8 Å². The molecule has 150 valence electrons.